The van der Waals surface area contributed by atoms with Crippen molar-refractivity contribution >= 4 is 16.9 Å². The van der Waals surface area contributed by atoms with Gasteiger partial charge in [-0.1, -0.05) is 24.3 Å². The smallest absolute Gasteiger partial charge is 0.416 e. The van der Waals surface area contributed by atoms with Crippen LogP contribution < -0.4 is 0 Å². The quantitative estimate of drug-likeness (QED) is 0.534. The molecule has 0 unspecified atom stereocenters. The molecule has 2 aromatic carbocycles. The van der Waals surface area contributed by atoms with Gasteiger partial charge in [-0.25, -0.2) is 9.78 Å². The molecule has 0 fully saturated rings. The SMILES string of the molecule is O=C(O)c1cc(-c2cccc3nn(Cc4cccc(C(F)(F)F)c4)cc23)ccn1. The maximum atomic E-state index is 12.9. The molecule has 0 aliphatic rings. The molecule has 0 amide bonds. The summed E-state index contributed by atoms with van der Waals surface area (Å²) in [5, 5.41) is 14.4. The summed E-state index contributed by atoms with van der Waals surface area (Å²) < 4.78 is 40.4. The fraction of sp³-hybridized carbons (Fsp3) is 0.0952. The molecule has 0 aliphatic heterocycles. The minimum atomic E-state index is -4.40. The molecule has 1 N–H and O–H groups in total. The van der Waals surface area contributed by atoms with Crippen LogP contribution in [-0.4, -0.2) is 25.8 Å². The number of pyridine rings is 1. The first-order valence-electron chi connectivity index (χ1n) is 8.63. The van der Waals surface area contributed by atoms with Crippen molar-refractivity contribution in [3.8, 4) is 11.1 Å². The fourth-order valence-corrected chi connectivity index (χ4v) is 3.17. The summed E-state index contributed by atoms with van der Waals surface area (Å²) in [6.07, 6.45) is -1.24. The summed E-state index contributed by atoms with van der Waals surface area (Å²) in [5.74, 6) is -1.13. The third-order valence-electron chi connectivity index (χ3n) is 4.49. The Morgan fingerprint density at radius 2 is 1.86 bits per heavy atom. The van der Waals surface area contributed by atoms with E-state index in [4.69, 9.17) is 5.11 Å². The predicted molar refractivity (Wildman–Crippen MR) is 100 cm³/mol. The maximum absolute atomic E-state index is 12.9. The number of halogens is 3. The van der Waals surface area contributed by atoms with E-state index in [0.29, 0.717) is 16.6 Å². The average molecular weight is 397 g/mol. The molecule has 0 bridgehead atoms. The zero-order chi connectivity index (χ0) is 20.6. The molecule has 0 radical (unpaired) electrons. The minimum Gasteiger partial charge on any atom is -0.477 e. The number of carbonyl (C=O) groups is 1. The lowest BCUT2D eigenvalue weighted by molar-refractivity contribution is -0.137. The second-order valence-corrected chi connectivity index (χ2v) is 6.50. The van der Waals surface area contributed by atoms with Gasteiger partial charge in [-0.05, 0) is 47.0 Å². The van der Waals surface area contributed by atoms with Crippen molar-refractivity contribution in [1.29, 1.82) is 0 Å². The Morgan fingerprint density at radius 3 is 2.62 bits per heavy atom. The highest BCUT2D eigenvalue weighted by molar-refractivity contribution is 5.96. The first kappa shape index (κ1) is 18.7. The number of alkyl halides is 3. The van der Waals surface area contributed by atoms with E-state index in [1.54, 1.807) is 35.1 Å². The van der Waals surface area contributed by atoms with Crippen LogP contribution in [0.15, 0.2) is 67.0 Å². The summed E-state index contributed by atoms with van der Waals surface area (Å²) in [7, 11) is 0. The van der Waals surface area contributed by atoms with Gasteiger partial charge in [0.05, 0.1) is 17.6 Å². The Bertz CT molecular complexity index is 1220. The van der Waals surface area contributed by atoms with Crippen molar-refractivity contribution in [2.45, 2.75) is 12.7 Å². The van der Waals surface area contributed by atoms with Crippen LogP contribution in [0.5, 0.6) is 0 Å². The van der Waals surface area contributed by atoms with Gasteiger partial charge in [0, 0.05) is 17.8 Å². The first-order valence-corrected chi connectivity index (χ1v) is 8.63. The largest absolute Gasteiger partial charge is 0.477 e. The molecule has 4 rings (SSSR count). The number of benzene rings is 2. The molecule has 0 aliphatic carbocycles. The molecule has 29 heavy (non-hydrogen) atoms. The molecule has 8 heteroatoms. The van der Waals surface area contributed by atoms with Gasteiger partial charge in [0.25, 0.3) is 0 Å². The van der Waals surface area contributed by atoms with Crippen molar-refractivity contribution in [2.75, 3.05) is 0 Å². The summed E-state index contributed by atoms with van der Waals surface area (Å²) in [5.41, 5.74) is 1.79. The number of hydrogen-bond acceptors (Lipinski definition) is 3. The number of rotatable bonds is 4. The lowest BCUT2D eigenvalue weighted by Gasteiger charge is -2.08. The second kappa shape index (κ2) is 7.05. The number of fused-ring (bicyclic) bond motifs is 1. The maximum Gasteiger partial charge on any atom is 0.416 e. The van der Waals surface area contributed by atoms with Crippen molar-refractivity contribution in [3.63, 3.8) is 0 Å². The Morgan fingerprint density at radius 1 is 1.07 bits per heavy atom. The Kier molecular flexibility index (Phi) is 4.54. The van der Waals surface area contributed by atoms with Gasteiger partial charge in [-0.15, -0.1) is 0 Å². The normalized spacial score (nSPS) is 11.7. The van der Waals surface area contributed by atoms with E-state index < -0.39 is 17.7 Å². The van der Waals surface area contributed by atoms with Gasteiger partial charge < -0.3 is 5.11 Å². The first-order chi connectivity index (χ1) is 13.8. The fourth-order valence-electron chi connectivity index (χ4n) is 3.17. The summed E-state index contributed by atoms with van der Waals surface area (Å²) in [4.78, 5) is 15.0. The number of aromatic carboxylic acids is 1. The highest BCUT2D eigenvalue weighted by Gasteiger charge is 2.30. The van der Waals surface area contributed by atoms with Crippen LogP contribution in [0, 0.1) is 0 Å². The zero-order valence-electron chi connectivity index (χ0n) is 14.9. The minimum absolute atomic E-state index is 0.0733. The van der Waals surface area contributed by atoms with Crippen molar-refractivity contribution in [1.82, 2.24) is 14.8 Å². The standard InChI is InChI=1S/C21H14F3N3O2/c22-21(23,24)15-4-1-3-13(9-15)11-27-12-17-16(5-2-6-18(17)26-27)14-7-8-25-19(10-14)20(28)29/h1-10,12H,11H2,(H,28,29). The van der Waals surface area contributed by atoms with Gasteiger partial charge >= 0.3 is 12.1 Å². The van der Waals surface area contributed by atoms with E-state index in [1.165, 1.54) is 18.3 Å². The van der Waals surface area contributed by atoms with E-state index in [-0.39, 0.29) is 12.2 Å². The third kappa shape index (κ3) is 3.82. The highest BCUT2D eigenvalue weighted by Crippen LogP contribution is 2.31. The molecular weight excluding hydrogens is 383 g/mol. The Balaban J connectivity index is 1.72. The van der Waals surface area contributed by atoms with Crippen molar-refractivity contribution in [3.05, 3.63) is 83.8 Å². The molecule has 2 heterocycles. The molecule has 5 nitrogen and oxygen atoms in total. The number of hydrogen-bond donors (Lipinski definition) is 1. The van der Waals surface area contributed by atoms with Gasteiger partial charge in [0.1, 0.15) is 5.69 Å². The van der Waals surface area contributed by atoms with E-state index in [0.717, 1.165) is 23.1 Å². The van der Waals surface area contributed by atoms with Crippen LogP contribution in [0.3, 0.4) is 0 Å². The molecule has 4 aromatic rings. The lowest BCUT2D eigenvalue weighted by Crippen LogP contribution is -2.07. The summed E-state index contributed by atoms with van der Waals surface area (Å²) >= 11 is 0. The summed E-state index contributed by atoms with van der Waals surface area (Å²) in [6.45, 7) is 0.175. The highest BCUT2D eigenvalue weighted by atomic mass is 19.4. The Hall–Kier alpha value is -3.68. The second-order valence-electron chi connectivity index (χ2n) is 6.50. The third-order valence-corrected chi connectivity index (χ3v) is 4.49. The summed E-state index contributed by atoms with van der Waals surface area (Å²) in [6, 6.07) is 13.7. The molecular formula is C21H14F3N3O2. The molecule has 0 saturated carbocycles. The molecule has 0 atom stereocenters. The Labute approximate surface area is 163 Å². The number of aromatic nitrogens is 3. The van der Waals surface area contributed by atoms with Crippen LogP contribution in [0.4, 0.5) is 13.2 Å². The van der Waals surface area contributed by atoms with Crippen LogP contribution in [0.25, 0.3) is 22.0 Å². The average Bonchev–Trinajstić information content (AvgIpc) is 3.10. The zero-order valence-corrected chi connectivity index (χ0v) is 14.9. The number of carboxylic acid groups (broad SMARTS) is 1. The van der Waals surface area contributed by atoms with E-state index in [9.17, 15) is 18.0 Å². The molecule has 0 saturated heterocycles. The van der Waals surface area contributed by atoms with Crippen LogP contribution in [0.2, 0.25) is 0 Å². The predicted octanol–water partition coefficient (Wildman–Crippen LogP) is 4.86. The van der Waals surface area contributed by atoms with Crippen LogP contribution in [0.1, 0.15) is 21.6 Å². The van der Waals surface area contributed by atoms with E-state index in [2.05, 4.69) is 10.1 Å². The number of carboxylic acids is 1. The topological polar surface area (TPSA) is 68.0 Å². The van der Waals surface area contributed by atoms with Crippen LogP contribution in [-0.2, 0) is 12.7 Å². The van der Waals surface area contributed by atoms with Gasteiger partial charge in [-0.2, -0.15) is 18.3 Å². The van der Waals surface area contributed by atoms with Crippen LogP contribution >= 0.6 is 0 Å². The van der Waals surface area contributed by atoms with Gasteiger partial charge in [0.2, 0.25) is 0 Å². The van der Waals surface area contributed by atoms with Crippen molar-refractivity contribution < 1.29 is 23.1 Å². The van der Waals surface area contributed by atoms with Gasteiger partial charge in [-0.3, -0.25) is 4.68 Å². The van der Waals surface area contributed by atoms with E-state index in [1.807, 2.05) is 6.07 Å². The number of nitrogens with zero attached hydrogens (tertiary/aromatic N) is 3. The lowest BCUT2D eigenvalue weighted by atomic mass is 10.0. The van der Waals surface area contributed by atoms with Gasteiger partial charge in [0.15, 0.2) is 0 Å². The molecule has 0 spiro atoms. The molecule has 146 valence electrons. The van der Waals surface area contributed by atoms with Crippen molar-refractivity contribution in [2.24, 2.45) is 0 Å². The monoisotopic (exact) mass is 397 g/mol. The molecule has 2 aromatic heterocycles. The van der Waals surface area contributed by atoms with E-state index >= 15 is 0 Å².